The quantitative estimate of drug-likeness (QED) is 0.898. The van der Waals surface area contributed by atoms with Gasteiger partial charge in [-0.05, 0) is 37.0 Å². The highest BCUT2D eigenvalue weighted by Gasteiger charge is 2.28. The summed E-state index contributed by atoms with van der Waals surface area (Å²) in [5.41, 5.74) is 0.930. The Morgan fingerprint density at radius 1 is 1.55 bits per heavy atom. The van der Waals surface area contributed by atoms with Crippen LogP contribution in [0.3, 0.4) is 0 Å². The summed E-state index contributed by atoms with van der Waals surface area (Å²) >= 11 is 0. The van der Waals surface area contributed by atoms with Gasteiger partial charge in [-0.25, -0.2) is 4.39 Å². The fraction of sp³-hybridized carbons (Fsp3) is 0.562. The molecule has 1 amide bonds. The molecule has 0 spiro atoms. The van der Waals surface area contributed by atoms with Crippen molar-refractivity contribution in [2.45, 2.75) is 26.2 Å². The maximum Gasteiger partial charge on any atom is 0.225 e. The van der Waals surface area contributed by atoms with Gasteiger partial charge in [-0.15, -0.1) is 0 Å². The van der Waals surface area contributed by atoms with Gasteiger partial charge in [0.1, 0.15) is 5.82 Å². The zero-order chi connectivity index (χ0) is 14.5. The summed E-state index contributed by atoms with van der Waals surface area (Å²) in [6.45, 7) is 3.49. The third kappa shape index (κ3) is 3.79. The average molecular weight is 279 g/mol. The number of carbonyl (C=O) groups is 1. The first-order valence-corrected chi connectivity index (χ1v) is 7.24. The van der Waals surface area contributed by atoms with Crippen LogP contribution in [0.5, 0.6) is 0 Å². The summed E-state index contributed by atoms with van der Waals surface area (Å²) in [6.07, 6.45) is 2.32. The molecule has 1 aliphatic heterocycles. The van der Waals surface area contributed by atoms with E-state index in [4.69, 9.17) is 5.11 Å². The van der Waals surface area contributed by atoms with E-state index in [2.05, 4.69) is 0 Å². The predicted molar refractivity (Wildman–Crippen MR) is 75.7 cm³/mol. The van der Waals surface area contributed by atoms with E-state index in [1.165, 1.54) is 12.1 Å². The Labute approximate surface area is 119 Å². The number of benzene rings is 1. The number of amides is 1. The first kappa shape index (κ1) is 15.0. The van der Waals surface area contributed by atoms with E-state index in [1.54, 1.807) is 6.07 Å². The number of carbonyl (C=O) groups excluding carboxylic acids is 1. The van der Waals surface area contributed by atoms with Crippen molar-refractivity contribution < 1.29 is 14.3 Å². The van der Waals surface area contributed by atoms with E-state index in [-0.39, 0.29) is 30.2 Å². The summed E-state index contributed by atoms with van der Waals surface area (Å²) in [5, 5.41) is 9.11. The van der Waals surface area contributed by atoms with Crippen LogP contribution < -0.4 is 0 Å². The molecule has 1 saturated heterocycles. The molecular weight excluding hydrogens is 257 g/mol. The molecule has 1 N–H and O–H groups in total. The SMILES string of the molecule is CC(CCc1cccc(F)c1)C(=O)N1CCC(CO)C1. The van der Waals surface area contributed by atoms with Crippen LogP contribution in [-0.2, 0) is 11.2 Å². The lowest BCUT2D eigenvalue weighted by Gasteiger charge is -2.21. The molecule has 3 nitrogen and oxygen atoms in total. The van der Waals surface area contributed by atoms with Gasteiger partial charge in [-0.3, -0.25) is 4.79 Å². The lowest BCUT2D eigenvalue weighted by Crippen LogP contribution is -2.33. The van der Waals surface area contributed by atoms with Gasteiger partial charge in [-0.1, -0.05) is 19.1 Å². The Bertz CT molecular complexity index is 464. The Kier molecular flexibility index (Phi) is 5.12. The van der Waals surface area contributed by atoms with Crippen LogP contribution >= 0.6 is 0 Å². The van der Waals surface area contributed by atoms with Gasteiger partial charge >= 0.3 is 0 Å². The molecule has 1 aromatic carbocycles. The molecule has 20 heavy (non-hydrogen) atoms. The summed E-state index contributed by atoms with van der Waals surface area (Å²) in [5.74, 6) is 0.0919. The monoisotopic (exact) mass is 279 g/mol. The third-order valence-electron chi connectivity index (χ3n) is 4.03. The van der Waals surface area contributed by atoms with Gasteiger partial charge in [0, 0.05) is 31.5 Å². The maximum atomic E-state index is 13.1. The second kappa shape index (κ2) is 6.84. The van der Waals surface area contributed by atoms with E-state index in [1.807, 2.05) is 17.9 Å². The molecular formula is C16H22FNO2. The fourth-order valence-electron chi connectivity index (χ4n) is 2.69. The molecule has 1 aromatic rings. The van der Waals surface area contributed by atoms with Crippen molar-refractivity contribution in [1.29, 1.82) is 0 Å². The Hall–Kier alpha value is -1.42. The van der Waals surface area contributed by atoms with Crippen LogP contribution in [0.15, 0.2) is 24.3 Å². The molecule has 1 fully saturated rings. The van der Waals surface area contributed by atoms with Crippen LogP contribution in [0.1, 0.15) is 25.3 Å². The minimum atomic E-state index is -0.230. The number of hydrogen-bond donors (Lipinski definition) is 1. The molecule has 0 aliphatic carbocycles. The summed E-state index contributed by atoms with van der Waals surface area (Å²) in [7, 11) is 0. The van der Waals surface area contributed by atoms with E-state index in [0.29, 0.717) is 13.0 Å². The van der Waals surface area contributed by atoms with Crippen molar-refractivity contribution in [3.8, 4) is 0 Å². The zero-order valence-electron chi connectivity index (χ0n) is 11.9. The molecule has 2 rings (SSSR count). The van der Waals surface area contributed by atoms with Gasteiger partial charge in [0.15, 0.2) is 0 Å². The Balaban J connectivity index is 1.82. The number of likely N-dealkylation sites (tertiary alicyclic amines) is 1. The van der Waals surface area contributed by atoms with Crippen molar-refractivity contribution in [2.24, 2.45) is 11.8 Å². The molecule has 2 unspecified atom stereocenters. The number of nitrogens with zero attached hydrogens (tertiary/aromatic N) is 1. The molecule has 0 bridgehead atoms. The van der Waals surface area contributed by atoms with Crippen molar-refractivity contribution in [3.63, 3.8) is 0 Å². The number of hydrogen-bond acceptors (Lipinski definition) is 2. The van der Waals surface area contributed by atoms with Crippen LogP contribution in [0, 0.1) is 17.7 Å². The molecule has 1 heterocycles. The fourth-order valence-corrected chi connectivity index (χ4v) is 2.69. The first-order valence-electron chi connectivity index (χ1n) is 7.24. The molecule has 0 aromatic heterocycles. The lowest BCUT2D eigenvalue weighted by atomic mass is 10.00. The van der Waals surface area contributed by atoms with Crippen LogP contribution in [0.25, 0.3) is 0 Å². The van der Waals surface area contributed by atoms with Gasteiger partial charge < -0.3 is 10.0 Å². The molecule has 0 radical (unpaired) electrons. The highest BCUT2D eigenvalue weighted by atomic mass is 19.1. The van der Waals surface area contributed by atoms with E-state index >= 15 is 0 Å². The molecule has 1 aliphatic rings. The van der Waals surface area contributed by atoms with Crippen LogP contribution in [0.4, 0.5) is 4.39 Å². The van der Waals surface area contributed by atoms with Crippen molar-refractivity contribution in [2.75, 3.05) is 19.7 Å². The summed E-state index contributed by atoms with van der Waals surface area (Å²) in [6, 6.07) is 6.54. The standard InChI is InChI=1S/C16H22FNO2/c1-12(5-6-13-3-2-4-15(17)9-13)16(20)18-8-7-14(10-18)11-19/h2-4,9,12,14,19H,5-8,10-11H2,1H3. The smallest absolute Gasteiger partial charge is 0.225 e. The molecule has 2 atom stereocenters. The normalized spacial score (nSPS) is 20.1. The Morgan fingerprint density at radius 3 is 3.00 bits per heavy atom. The second-order valence-corrected chi connectivity index (χ2v) is 5.69. The highest BCUT2D eigenvalue weighted by Crippen LogP contribution is 2.20. The maximum absolute atomic E-state index is 13.1. The number of aliphatic hydroxyl groups excluding tert-OH is 1. The number of aryl methyl sites for hydroxylation is 1. The zero-order valence-corrected chi connectivity index (χ0v) is 11.9. The Morgan fingerprint density at radius 2 is 2.35 bits per heavy atom. The second-order valence-electron chi connectivity index (χ2n) is 5.69. The predicted octanol–water partition coefficient (Wildman–Crippen LogP) is 2.24. The van der Waals surface area contributed by atoms with Crippen LogP contribution in [0.2, 0.25) is 0 Å². The number of aliphatic hydroxyl groups is 1. The van der Waals surface area contributed by atoms with E-state index in [9.17, 15) is 9.18 Å². The van der Waals surface area contributed by atoms with Gasteiger partial charge in [0.25, 0.3) is 0 Å². The third-order valence-corrected chi connectivity index (χ3v) is 4.03. The first-order chi connectivity index (χ1) is 9.60. The van der Waals surface area contributed by atoms with Gasteiger partial charge in [-0.2, -0.15) is 0 Å². The number of halogens is 1. The molecule has 110 valence electrons. The average Bonchev–Trinajstić information content (AvgIpc) is 2.93. The summed E-state index contributed by atoms with van der Waals surface area (Å²) < 4.78 is 13.1. The largest absolute Gasteiger partial charge is 0.396 e. The van der Waals surface area contributed by atoms with Gasteiger partial charge in [0.2, 0.25) is 5.91 Å². The van der Waals surface area contributed by atoms with E-state index < -0.39 is 0 Å². The van der Waals surface area contributed by atoms with Crippen molar-refractivity contribution in [1.82, 2.24) is 4.90 Å². The van der Waals surface area contributed by atoms with Crippen LogP contribution in [-0.4, -0.2) is 35.6 Å². The van der Waals surface area contributed by atoms with Crippen molar-refractivity contribution in [3.05, 3.63) is 35.6 Å². The van der Waals surface area contributed by atoms with E-state index in [0.717, 1.165) is 24.9 Å². The topological polar surface area (TPSA) is 40.5 Å². The van der Waals surface area contributed by atoms with Crippen molar-refractivity contribution >= 4 is 5.91 Å². The lowest BCUT2D eigenvalue weighted by molar-refractivity contribution is -0.134. The molecule has 0 saturated carbocycles. The summed E-state index contributed by atoms with van der Waals surface area (Å²) in [4.78, 5) is 14.1. The minimum Gasteiger partial charge on any atom is -0.396 e. The van der Waals surface area contributed by atoms with Gasteiger partial charge in [0.05, 0.1) is 0 Å². The highest BCUT2D eigenvalue weighted by molar-refractivity contribution is 5.78. The number of rotatable bonds is 5. The minimum absolute atomic E-state index is 0.0595. The molecule has 4 heteroatoms.